The first-order chi connectivity index (χ1) is 7.57. The van der Waals surface area contributed by atoms with E-state index < -0.39 is 5.82 Å². The molecule has 1 unspecified atom stereocenters. The second-order valence-electron chi connectivity index (χ2n) is 3.79. The molecule has 0 aliphatic heterocycles. The topological polar surface area (TPSA) is 12.0 Å². The minimum atomic E-state index is -0.426. The number of rotatable bonds is 5. The Kier molecular flexibility index (Phi) is 5.53. The van der Waals surface area contributed by atoms with Crippen LogP contribution in [-0.2, 0) is 0 Å². The van der Waals surface area contributed by atoms with Gasteiger partial charge in [0.05, 0.1) is 5.02 Å². The molecular weight excluding hydrogens is 248 g/mol. The first-order valence-electron chi connectivity index (χ1n) is 5.44. The van der Waals surface area contributed by atoms with Gasteiger partial charge in [-0.25, -0.2) is 4.39 Å². The van der Waals surface area contributed by atoms with Crippen LogP contribution in [0.3, 0.4) is 0 Å². The molecule has 1 aromatic rings. The molecule has 1 nitrogen and oxygen atoms in total. The van der Waals surface area contributed by atoms with Crippen LogP contribution < -0.4 is 5.32 Å². The van der Waals surface area contributed by atoms with E-state index in [1.165, 1.54) is 12.1 Å². The van der Waals surface area contributed by atoms with Crippen LogP contribution in [0, 0.1) is 5.82 Å². The van der Waals surface area contributed by atoms with E-state index in [4.69, 9.17) is 23.2 Å². The van der Waals surface area contributed by atoms with Crippen molar-refractivity contribution in [2.75, 3.05) is 6.54 Å². The van der Waals surface area contributed by atoms with Gasteiger partial charge in [-0.15, -0.1) is 0 Å². The molecule has 0 aromatic heterocycles. The van der Waals surface area contributed by atoms with E-state index in [0.717, 1.165) is 19.4 Å². The molecule has 0 amide bonds. The van der Waals surface area contributed by atoms with Gasteiger partial charge in [0.15, 0.2) is 0 Å². The maximum absolute atomic E-state index is 13.3. The van der Waals surface area contributed by atoms with Crippen molar-refractivity contribution in [2.45, 2.75) is 32.7 Å². The number of hydrogen-bond donors (Lipinski definition) is 1. The zero-order valence-corrected chi connectivity index (χ0v) is 11.0. The average molecular weight is 264 g/mol. The molecule has 0 radical (unpaired) electrons. The third-order valence-electron chi connectivity index (χ3n) is 2.49. The summed E-state index contributed by atoms with van der Waals surface area (Å²) in [4.78, 5) is 0. The fraction of sp³-hybridized carbons (Fsp3) is 0.500. The smallest absolute Gasteiger partial charge is 0.142 e. The molecule has 1 N–H and O–H groups in total. The van der Waals surface area contributed by atoms with E-state index in [1.807, 2.05) is 6.92 Å². The minimum Gasteiger partial charge on any atom is -0.310 e. The Morgan fingerprint density at radius 2 is 2.06 bits per heavy atom. The van der Waals surface area contributed by atoms with Crippen LogP contribution in [0.15, 0.2) is 12.1 Å². The predicted octanol–water partition coefficient (Wildman–Crippen LogP) is 4.58. The number of unbranched alkanes of at least 4 members (excludes halogenated alkanes) is 1. The molecule has 0 aliphatic rings. The van der Waals surface area contributed by atoms with Gasteiger partial charge in [0.25, 0.3) is 0 Å². The van der Waals surface area contributed by atoms with Gasteiger partial charge in [0, 0.05) is 16.6 Å². The van der Waals surface area contributed by atoms with Gasteiger partial charge in [-0.1, -0.05) is 36.5 Å². The van der Waals surface area contributed by atoms with Gasteiger partial charge in [-0.3, -0.25) is 0 Å². The molecule has 0 aliphatic carbocycles. The molecule has 1 rings (SSSR count). The predicted molar refractivity (Wildman–Crippen MR) is 67.7 cm³/mol. The van der Waals surface area contributed by atoms with Crippen LogP contribution in [0.1, 0.15) is 38.3 Å². The van der Waals surface area contributed by atoms with Crippen LogP contribution in [0.2, 0.25) is 10.0 Å². The summed E-state index contributed by atoms with van der Waals surface area (Å²) in [6.07, 6.45) is 2.19. The molecule has 0 saturated carbocycles. The third-order valence-corrected chi connectivity index (χ3v) is 3.21. The molecule has 4 heteroatoms. The van der Waals surface area contributed by atoms with Gasteiger partial charge in [0.1, 0.15) is 5.82 Å². The summed E-state index contributed by atoms with van der Waals surface area (Å²) in [5, 5.41) is 3.89. The van der Waals surface area contributed by atoms with Gasteiger partial charge in [0.2, 0.25) is 0 Å². The van der Waals surface area contributed by atoms with E-state index in [9.17, 15) is 4.39 Å². The molecule has 0 spiro atoms. The van der Waals surface area contributed by atoms with Crippen molar-refractivity contribution in [2.24, 2.45) is 0 Å². The minimum absolute atomic E-state index is 0.0396. The maximum atomic E-state index is 13.3. The molecule has 0 saturated heterocycles. The summed E-state index contributed by atoms with van der Waals surface area (Å²) in [7, 11) is 0. The number of benzene rings is 1. The highest BCUT2D eigenvalue weighted by atomic mass is 35.5. The van der Waals surface area contributed by atoms with Crippen molar-refractivity contribution in [1.29, 1.82) is 0 Å². The monoisotopic (exact) mass is 263 g/mol. The van der Waals surface area contributed by atoms with E-state index in [0.29, 0.717) is 10.6 Å². The normalized spacial score (nSPS) is 12.8. The Bertz CT molecular complexity index is 355. The Morgan fingerprint density at radius 3 is 2.69 bits per heavy atom. The van der Waals surface area contributed by atoms with Crippen molar-refractivity contribution < 1.29 is 4.39 Å². The Labute approximate surface area is 106 Å². The number of halogens is 3. The molecule has 1 aromatic carbocycles. The maximum Gasteiger partial charge on any atom is 0.142 e. The van der Waals surface area contributed by atoms with Crippen LogP contribution in [0.25, 0.3) is 0 Å². The van der Waals surface area contributed by atoms with Gasteiger partial charge in [-0.05, 0) is 32.0 Å². The molecule has 0 bridgehead atoms. The molecule has 16 heavy (non-hydrogen) atoms. The van der Waals surface area contributed by atoms with E-state index in [2.05, 4.69) is 12.2 Å². The van der Waals surface area contributed by atoms with Crippen molar-refractivity contribution in [3.8, 4) is 0 Å². The molecular formula is C12H16Cl2FN. The van der Waals surface area contributed by atoms with Gasteiger partial charge >= 0.3 is 0 Å². The summed E-state index contributed by atoms with van der Waals surface area (Å²) in [6.45, 7) is 4.93. The Hall–Kier alpha value is -0.310. The third kappa shape index (κ3) is 3.34. The van der Waals surface area contributed by atoms with E-state index in [-0.39, 0.29) is 11.1 Å². The first kappa shape index (κ1) is 13.8. The largest absolute Gasteiger partial charge is 0.310 e. The first-order valence-corrected chi connectivity index (χ1v) is 6.20. The summed E-state index contributed by atoms with van der Waals surface area (Å²) >= 11 is 11.9. The second kappa shape index (κ2) is 6.43. The summed E-state index contributed by atoms with van der Waals surface area (Å²) < 4.78 is 13.3. The van der Waals surface area contributed by atoms with Crippen molar-refractivity contribution in [3.63, 3.8) is 0 Å². The fourth-order valence-corrected chi connectivity index (χ4v) is 2.24. The van der Waals surface area contributed by atoms with Gasteiger partial charge in [-0.2, -0.15) is 0 Å². The molecule has 90 valence electrons. The van der Waals surface area contributed by atoms with Crippen molar-refractivity contribution >= 4 is 23.2 Å². The molecule has 0 fully saturated rings. The van der Waals surface area contributed by atoms with Crippen LogP contribution in [-0.4, -0.2) is 6.54 Å². The number of hydrogen-bond acceptors (Lipinski definition) is 1. The SMILES string of the molecule is CCCCNC(C)c1c(Cl)ccc(F)c1Cl. The summed E-state index contributed by atoms with van der Waals surface area (Å²) in [6, 6.07) is 2.78. The van der Waals surface area contributed by atoms with Crippen LogP contribution in [0.4, 0.5) is 4.39 Å². The highest BCUT2D eigenvalue weighted by Gasteiger charge is 2.16. The van der Waals surface area contributed by atoms with Crippen molar-refractivity contribution in [1.82, 2.24) is 5.32 Å². The molecule has 1 atom stereocenters. The van der Waals surface area contributed by atoms with Crippen LogP contribution in [0.5, 0.6) is 0 Å². The summed E-state index contributed by atoms with van der Waals surface area (Å²) in [5.41, 5.74) is 0.638. The molecule has 0 heterocycles. The second-order valence-corrected chi connectivity index (χ2v) is 4.57. The highest BCUT2D eigenvalue weighted by Crippen LogP contribution is 2.32. The van der Waals surface area contributed by atoms with Crippen molar-refractivity contribution in [3.05, 3.63) is 33.6 Å². The fourth-order valence-electron chi connectivity index (χ4n) is 1.54. The Balaban J connectivity index is 2.81. The number of nitrogens with one attached hydrogen (secondary N) is 1. The van der Waals surface area contributed by atoms with E-state index >= 15 is 0 Å². The standard InChI is InChI=1S/C12H16Cl2FN/c1-3-4-7-16-8(2)11-9(13)5-6-10(15)12(11)14/h5-6,8,16H,3-4,7H2,1-2H3. The lowest BCUT2D eigenvalue weighted by molar-refractivity contribution is 0.549. The Morgan fingerprint density at radius 1 is 1.38 bits per heavy atom. The quantitative estimate of drug-likeness (QED) is 0.606. The lowest BCUT2D eigenvalue weighted by Gasteiger charge is -2.17. The lowest BCUT2D eigenvalue weighted by Crippen LogP contribution is -2.20. The van der Waals surface area contributed by atoms with E-state index in [1.54, 1.807) is 0 Å². The average Bonchev–Trinajstić information content (AvgIpc) is 2.24. The highest BCUT2D eigenvalue weighted by molar-refractivity contribution is 6.36. The zero-order valence-electron chi connectivity index (χ0n) is 9.49. The summed E-state index contributed by atoms with van der Waals surface area (Å²) in [5.74, 6) is -0.426. The lowest BCUT2D eigenvalue weighted by atomic mass is 10.1. The zero-order chi connectivity index (χ0) is 12.1. The van der Waals surface area contributed by atoms with Crippen LogP contribution >= 0.6 is 23.2 Å². The van der Waals surface area contributed by atoms with Gasteiger partial charge < -0.3 is 5.32 Å².